The lowest BCUT2D eigenvalue weighted by atomic mass is 9.95. The number of hydrogen-bond acceptors (Lipinski definition) is 6. The Balaban J connectivity index is 0.000000604. The van der Waals surface area contributed by atoms with Crippen LogP contribution in [-0.2, 0) is 9.53 Å². The molecular weight excluding hydrogens is 388 g/mol. The average Bonchev–Trinajstić information content (AvgIpc) is 2.63. The largest absolute Gasteiger partial charge is 0.478 e. The lowest BCUT2D eigenvalue weighted by Crippen LogP contribution is -2.48. The molecule has 0 fully saturated rings. The summed E-state index contributed by atoms with van der Waals surface area (Å²) < 4.78 is 5.32. The third-order valence-electron chi connectivity index (χ3n) is 4.04. The van der Waals surface area contributed by atoms with Crippen LogP contribution in [0.15, 0.2) is 36.9 Å². The van der Waals surface area contributed by atoms with Crippen LogP contribution in [0.3, 0.4) is 0 Å². The number of nitro benzene ring substituents is 1. The summed E-state index contributed by atoms with van der Waals surface area (Å²) in [6.07, 6.45) is 8.07. The maximum atomic E-state index is 11.9. The average molecular weight is 423 g/mol. The van der Waals surface area contributed by atoms with E-state index in [0.717, 1.165) is 44.2 Å². The molecule has 0 spiro atoms. The lowest BCUT2D eigenvalue weighted by molar-refractivity contribution is -0.384. The van der Waals surface area contributed by atoms with E-state index in [4.69, 9.17) is 15.6 Å². The summed E-state index contributed by atoms with van der Waals surface area (Å²) in [7, 11) is 0. The number of nitrogens with zero attached hydrogens (tertiary/aromatic N) is 1. The summed E-state index contributed by atoms with van der Waals surface area (Å²) in [5.41, 5.74) is 4.61. The van der Waals surface area contributed by atoms with Crippen molar-refractivity contribution >= 4 is 17.6 Å². The summed E-state index contributed by atoms with van der Waals surface area (Å²) in [6, 6.07) is 4.70. The predicted octanol–water partition coefficient (Wildman–Crippen LogP) is 4.87. The predicted molar refractivity (Wildman–Crippen MR) is 116 cm³/mol. The molecule has 0 aromatic heterocycles. The van der Waals surface area contributed by atoms with Crippen LogP contribution < -0.4 is 5.73 Å². The van der Waals surface area contributed by atoms with Gasteiger partial charge in [-0.25, -0.2) is 4.79 Å². The van der Waals surface area contributed by atoms with Crippen molar-refractivity contribution in [2.45, 2.75) is 77.4 Å². The van der Waals surface area contributed by atoms with E-state index in [2.05, 4.69) is 6.58 Å². The first-order valence-corrected chi connectivity index (χ1v) is 9.91. The summed E-state index contributed by atoms with van der Waals surface area (Å²) in [5, 5.41) is 18.6. The summed E-state index contributed by atoms with van der Waals surface area (Å²) >= 11 is 0. The van der Waals surface area contributed by atoms with E-state index in [1.54, 1.807) is 6.92 Å². The Morgan fingerprint density at radius 2 is 1.67 bits per heavy atom. The molecule has 0 saturated heterocycles. The number of carbonyl (C=O) groups is 2. The number of non-ortho nitro benzene ring substituents is 1. The summed E-state index contributed by atoms with van der Waals surface area (Å²) in [6.45, 7) is 11.0. The van der Waals surface area contributed by atoms with Crippen LogP contribution in [0.25, 0.3) is 0 Å². The fraction of sp³-hybridized carbons (Fsp3) is 0.545. The topological polar surface area (TPSA) is 133 Å². The number of rotatable bonds is 10. The van der Waals surface area contributed by atoms with E-state index in [9.17, 15) is 19.7 Å². The summed E-state index contributed by atoms with van der Waals surface area (Å²) in [4.78, 5) is 31.8. The molecule has 8 nitrogen and oxygen atoms in total. The van der Waals surface area contributed by atoms with Gasteiger partial charge in [-0.1, -0.05) is 25.3 Å². The van der Waals surface area contributed by atoms with Crippen molar-refractivity contribution in [3.05, 3.63) is 52.6 Å². The molecule has 0 aliphatic carbocycles. The normalized spacial score (nSPS) is 12.7. The van der Waals surface area contributed by atoms with E-state index >= 15 is 0 Å². The summed E-state index contributed by atoms with van der Waals surface area (Å²) in [5.74, 6) is -1.40. The van der Waals surface area contributed by atoms with Gasteiger partial charge < -0.3 is 15.6 Å². The molecule has 0 amide bonds. The number of nitrogens with two attached hydrogens (primary N) is 1. The first-order valence-electron chi connectivity index (χ1n) is 9.91. The maximum Gasteiger partial charge on any atom is 0.335 e. The third-order valence-corrected chi connectivity index (χ3v) is 4.04. The highest BCUT2D eigenvalue weighted by molar-refractivity contribution is 5.87. The minimum Gasteiger partial charge on any atom is -0.478 e. The monoisotopic (exact) mass is 422 g/mol. The van der Waals surface area contributed by atoms with Gasteiger partial charge in [0.15, 0.2) is 0 Å². The molecule has 3 N–H and O–H groups in total. The van der Waals surface area contributed by atoms with Crippen LogP contribution in [-0.4, -0.2) is 33.1 Å². The number of ether oxygens (including phenoxy) is 1. The smallest absolute Gasteiger partial charge is 0.335 e. The van der Waals surface area contributed by atoms with Crippen molar-refractivity contribution in [2.24, 2.45) is 5.73 Å². The van der Waals surface area contributed by atoms with Crippen molar-refractivity contribution in [1.29, 1.82) is 0 Å². The van der Waals surface area contributed by atoms with Gasteiger partial charge in [0.05, 0.1) is 10.5 Å². The molecule has 1 atom stereocenters. The number of nitro groups is 1. The molecular formula is C22H34N2O6. The first kappa shape index (κ1) is 27.3. The zero-order valence-corrected chi connectivity index (χ0v) is 18.3. The fourth-order valence-corrected chi connectivity index (χ4v) is 2.36. The van der Waals surface area contributed by atoms with Crippen molar-refractivity contribution in [2.75, 3.05) is 0 Å². The van der Waals surface area contributed by atoms with Crippen molar-refractivity contribution in [1.82, 2.24) is 0 Å². The number of carboxylic acids is 1. The number of aromatic carboxylic acids is 1. The number of esters is 1. The van der Waals surface area contributed by atoms with Crippen LogP contribution in [0, 0.1) is 10.1 Å². The van der Waals surface area contributed by atoms with E-state index < -0.39 is 22.0 Å². The van der Waals surface area contributed by atoms with Gasteiger partial charge in [0.1, 0.15) is 11.1 Å². The molecule has 1 aromatic carbocycles. The number of allylic oxidation sites excluding steroid dienone is 1. The zero-order chi connectivity index (χ0) is 23.4. The molecule has 0 aliphatic heterocycles. The van der Waals surface area contributed by atoms with Crippen molar-refractivity contribution < 1.29 is 24.4 Å². The van der Waals surface area contributed by atoms with Gasteiger partial charge in [0, 0.05) is 12.1 Å². The van der Waals surface area contributed by atoms with Gasteiger partial charge in [-0.3, -0.25) is 14.9 Å². The van der Waals surface area contributed by atoms with Gasteiger partial charge in [0.25, 0.3) is 5.69 Å². The lowest BCUT2D eigenvalue weighted by Gasteiger charge is -2.28. The second kappa shape index (κ2) is 12.7. The Labute approximate surface area is 178 Å². The Morgan fingerprint density at radius 1 is 1.13 bits per heavy atom. The Bertz CT molecular complexity index is 672. The Morgan fingerprint density at radius 3 is 2.10 bits per heavy atom. The standard InChI is InChI=1S/C15H29NO2.C7H5NO4/c1-6-7-8-9-10-11-12-15(5,16)13(17)18-14(2,3)4;9-7(10)5-1-3-6(4-2-5)8(11)12/h6H,1,7-12,16H2,2-5H3;1-4H,(H,9,10)/t15-;/m1./s1. The number of carboxylic acid groups (broad SMARTS) is 1. The quantitative estimate of drug-likeness (QED) is 0.181. The third kappa shape index (κ3) is 12.0. The molecule has 0 radical (unpaired) electrons. The van der Waals surface area contributed by atoms with Crippen LogP contribution in [0.2, 0.25) is 0 Å². The highest BCUT2D eigenvalue weighted by atomic mass is 16.6. The second-order valence-electron chi connectivity index (χ2n) is 8.27. The van der Waals surface area contributed by atoms with Gasteiger partial charge in [-0.05, 0) is 59.1 Å². The van der Waals surface area contributed by atoms with Crippen LogP contribution >= 0.6 is 0 Å². The van der Waals surface area contributed by atoms with Gasteiger partial charge in [0.2, 0.25) is 0 Å². The Hall–Kier alpha value is -2.74. The first-order chi connectivity index (χ1) is 13.8. The van der Waals surface area contributed by atoms with Crippen molar-refractivity contribution in [3.8, 4) is 0 Å². The molecule has 1 rings (SSSR count). The Kier molecular flexibility index (Phi) is 11.6. The zero-order valence-electron chi connectivity index (χ0n) is 18.3. The molecule has 1 aromatic rings. The van der Waals surface area contributed by atoms with E-state index in [1.807, 2.05) is 26.8 Å². The molecule has 0 unspecified atom stereocenters. The van der Waals surface area contributed by atoms with Crippen LogP contribution in [0.1, 0.15) is 76.6 Å². The molecule has 30 heavy (non-hydrogen) atoms. The minimum atomic E-state index is -1.09. The van der Waals surface area contributed by atoms with E-state index in [1.165, 1.54) is 12.1 Å². The maximum absolute atomic E-state index is 11.9. The van der Waals surface area contributed by atoms with Gasteiger partial charge >= 0.3 is 11.9 Å². The fourth-order valence-electron chi connectivity index (χ4n) is 2.36. The molecule has 168 valence electrons. The molecule has 0 saturated carbocycles. The minimum absolute atomic E-state index is 0.0422. The van der Waals surface area contributed by atoms with Gasteiger partial charge in [-0.15, -0.1) is 6.58 Å². The number of benzene rings is 1. The number of unbranched alkanes of at least 4 members (excludes halogenated alkanes) is 4. The highest BCUT2D eigenvalue weighted by Gasteiger charge is 2.32. The van der Waals surface area contributed by atoms with Crippen LogP contribution in [0.5, 0.6) is 0 Å². The van der Waals surface area contributed by atoms with Crippen LogP contribution in [0.4, 0.5) is 5.69 Å². The SMILES string of the molecule is C=CCCCCCC[C@@](C)(N)C(=O)OC(C)(C)C.O=C(O)c1ccc([N+](=O)[O-])cc1. The second-order valence-corrected chi connectivity index (χ2v) is 8.27. The van der Waals surface area contributed by atoms with Crippen molar-refractivity contribution in [3.63, 3.8) is 0 Å². The molecule has 8 heteroatoms. The molecule has 0 heterocycles. The van der Waals surface area contributed by atoms with E-state index in [0.29, 0.717) is 6.42 Å². The highest BCUT2D eigenvalue weighted by Crippen LogP contribution is 2.18. The molecule has 0 aliphatic rings. The number of carbonyl (C=O) groups excluding carboxylic acids is 1. The number of hydrogen-bond donors (Lipinski definition) is 2. The van der Waals surface area contributed by atoms with E-state index in [-0.39, 0.29) is 17.2 Å². The molecule has 0 bridgehead atoms. The van der Waals surface area contributed by atoms with Gasteiger partial charge in [-0.2, -0.15) is 0 Å².